The number of hydrogen-bond acceptors (Lipinski definition) is 4. The molecule has 2 aromatic carbocycles. The highest BCUT2D eigenvalue weighted by atomic mass is 32.2. The van der Waals surface area contributed by atoms with Gasteiger partial charge in [-0.25, -0.2) is 12.4 Å². The van der Waals surface area contributed by atoms with E-state index >= 15 is 0 Å². The quantitative estimate of drug-likeness (QED) is 0.732. The van der Waals surface area contributed by atoms with E-state index in [4.69, 9.17) is 0 Å². The van der Waals surface area contributed by atoms with Gasteiger partial charge in [0.05, 0.1) is 10.4 Å². The first kappa shape index (κ1) is 15.7. The molecule has 8 heteroatoms. The Kier molecular flexibility index (Phi) is 3.55. The van der Waals surface area contributed by atoms with Crippen molar-refractivity contribution in [3.63, 3.8) is 0 Å². The van der Waals surface area contributed by atoms with E-state index in [2.05, 4.69) is 0 Å². The summed E-state index contributed by atoms with van der Waals surface area (Å²) in [4.78, 5) is -0.398. The lowest BCUT2D eigenvalue weighted by Crippen LogP contribution is -2.11. The summed E-state index contributed by atoms with van der Waals surface area (Å²) < 4.78 is 59.1. The molecule has 23 heavy (non-hydrogen) atoms. The van der Waals surface area contributed by atoms with E-state index in [0.717, 1.165) is 10.2 Å². The van der Waals surface area contributed by atoms with E-state index in [1.807, 2.05) is 0 Å². The standard InChI is InChI=1S/C15H13NO5S2/c1-11-6-5-9-13-15(11)14(23(19,20)21)10-16(13)22(17,18)12-7-3-2-4-8-12/h2-10H,1H3,(H,19,20,21). The minimum Gasteiger partial charge on any atom is -0.282 e. The maximum atomic E-state index is 12.8. The topological polar surface area (TPSA) is 93.4 Å². The Hall–Kier alpha value is -2.16. The van der Waals surface area contributed by atoms with Crippen LogP contribution in [-0.4, -0.2) is 25.4 Å². The molecular formula is C15H13NO5S2. The lowest BCUT2D eigenvalue weighted by atomic mass is 10.1. The Bertz CT molecular complexity index is 1100. The van der Waals surface area contributed by atoms with Gasteiger partial charge in [0.1, 0.15) is 4.90 Å². The molecule has 1 N–H and O–H groups in total. The van der Waals surface area contributed by atoms with E-state index in [1.165, 1.54) is 18.2 Å². The minimum absolute atomic E-state index is 0.0280. The molecule has 0 unspecified atom stereocenters. The highest BCUT2D eigenvalue weighted by Crippen LogP contribution is 2.31. The normalized spacial score (nSPS) is 12.6. The number of hydrogen-bond donors (Lipinski definition) is 1. The Morgan fingerprint density at radius 2 is 1.57 bits per heavy atom. The maximum Gasteiger partial charge on any atom is 0.296 e. The van der Waals surface area contributed by atoms with Crippen molar-refractivity contribution in [2.45, 2.75) is 16.7 Å². The van der Waals surface area contributed by atoms with Crippen LogP contribution in [0.3, 0.4) is 0 Å². The average Bonchev–Trinajstić information content (AvgIpc) is 2.90. The fraction of sp³-hybridized carbons (Fsp3) is 0.0667. The monoisotopic (exact) mass is 351 g/mol. The first-order chi connectivity index (χ1) is 10.7. The van der Waals surface area contributed by atoms with Crippen LogP contribution in [0.5, 0.6) is 0 Å². The summed E-state index contributed by atoms with van der Waals surface area (Å²) in [6.07, 6.45) is 0.940. The van der Waals surface area contributed by atoms with Crippen LogP contribution in [0.4, 0.5) is 0 Å². The van der Waals surface area contributed by atoms with Crippen molar-refractivity contribution in [1.82, 2.24) is 3.97 Å². The Balaban J connectivity index is 2.43. The third-order valence-electron chi connectivity index (χ3n) is 3.55. The molecule has 6 nitrogen and oxygen atoms in total. The zero-order valence-electron chi connectivity index (χ0n) is 12.0. The molecule has 0 atom stereocenters. The number of nitrogens with zero attached hydrogens (tertiary/aromatic N) is 1. The molecule has 0 aliphatic rings. The van der Waals surface area contributed by atoms with Crippen LogP contribution in [0.15, 0.2) is 64.5 Å². The second-order valence-electron chi connectivity index (χ2n) is 5.05. The second-order valence-corrected chi connectivity index (χ2v) is 8.26. The first-order valence-electron chi connectivity index (χ1n) is 6.62. The van der Waals surface area contributed by atoms with Crippen LogP contribution < -0.4 is 0 Å². The van der Waals surface area contributed by atoms with E-state index in [-0.39, 0.29) is 15.8 Å². The van der Waals surface area contributed by atoms with E-state index in [0.29, 0.717) is 5.56 Å². The molecule has 0 aliphatic carbocycles. The predicted molar refractivity (Wildman–Crippen MR) is 85.5 cm³/mol. The molecule has 120 valence electrons. The summed E-state index contributed by atoms with van der Waals surface area (Å²) in [5, 5.41) is 0.189. The van der Waals surface area contributed by atoms with Gasteiger partial charge in [-0.05, 0) is 30.7 Å². The summed E-state index contributed by atoms with van der Waals surface area (Å²) in [5.74, 6) is 0. The molecule has 0 saturated heterocycles. The van der Waals surface area contributed by atoms with Crippen LogP contribution in [0.2, 0.25) is 0 Å². The lowest BCUT2D eigenvalue weighted by Gasteiger charge is -2.07. The van der Waals surface area contributed by atoms with Crippen LogP contribution in [-0.2, 0) is 20.1 Å². The number of aromatic nitrogens is 1. The van der Waals surface area contributed by atoms with Gasteiger partial charge in [0.2, 0.25) is 0 Å². The van der Waals surface area contributed by atoms with Crippen LogP contribution >= 0.6 is 0 Å². The number of rotatable bonds is 3. The van der Waals surface area contributed by atoms with Gasteiger partial charge in [0.25, 0.3) is 20.1 Å². The fourth-order valence-corrected chi connectivity index (χ4v) is 4.71. The summed E-state index contributed by atoms with van der Waals surface area (Å²) in [6, 6.07) is 12.5. The number of benzene rings is 2. The van der Waals surface area contributed by atoms with Gasteiger partial charge < -0.3 is 0 Å². The molecule has 3 rings (SSSR count). The van der Waals surface area contributed by atoms with Crippen molar-refractivity contribution in [3.8, 4) is 0 Å². The third kappa shape index (κ3) is 2.54. The molecule has 0 amide bonds. The zero-order chi connectivity index (χ0) is 16.8. The molecule has 0 spiro atoms. The predicted octanol–water partition coefficient (Wildman–Crippen LogP) is 2.43. The molecule has 0 aliphatic heterocycles. The summed E-state index contributed by atoms with van der Waals surface area (Å²) in [5.41, 5.74) is 0.749. The Morgan fingerprint density at radius 3 is 2.17 bits per heavy atom. The minimum atomic E-state index is -4.56. The lowest BCUT2D eigenvalue weighted by molar-refractivity contribution is 0.484. The van der Waals surface area contributed by atoms with Gasteiger partial charge in [-0.15, -0.1) is 0 Å². The molecular weight excluding hydrogens is 338 g/mol. The van der Waals surface area contributed by atoms with Gasteiger partial charge in [-0.1, -0.05) is 30.3 Å². The van der Waals surface area contributed by atoms with Gasteiger partial charge >= 0.3 is 0 Å². The molecule has 0 radical (unpaired) electrons. The van der Waals surface area contributed by atoms with Gasteiger partial charge in [0.15, 0.2) is 0 Å². The fourth-order valence-electron chi connectivity index (χ4n) is 2.50. The van der Waals surface area contributed by atoms with Crippen LogP contribution in [0.25, 0.3) is 10.9 Å². The van der Waals surface area contributed by atoms with Crippen molar-refractivity contribution in [3.05, 3.63) is 60.3 Å². The largest absolute Gasteiger partial charge is 0.296 e. The van der Waals surface area contributed by atoms with E-state index < -0.39 is 25.0 Å². The van der Waals surface area contributed by atoms with Crippen LogP contribution in [0, 0.1) is 6.92 Å². The van der Waals surface area contributed by atoms with E-state index in [1.54, 1.807) is 37.3 Å². The molecule has 0 bridgehead atoms. The van der Waals surface area contributed by atoms with Crippen molar-refractivity contribution in [1.29, 1.82) is 0 Å². The summed E-state index contributed by atoms with van der Waals surface area (Å²) in [7, 11) is -8.54. The molecule has 1 aromatic heterocycles. The maximum absolute atomic E-state index is 12.8. The highest BCUT2D eigenvalue weighted by molar-refractivity contribution is 7.90. The van der Waals surface area contributed by atoms with Gasteiger partial charge in [0, 0.05) is 11.6 Å². The van der Waals surface area contributed by atoms with Crippen molar-refractivity contribution >= 4 is 31.0 Å². The molecule has 3 aromatic rings. The molecule has 1 heterocycles. The zero-order valence-corrected chi connectivity index (χ0v) is 13.7. The van der Waals surface area contributed by atoms with E-state index in [9.17, 15) is 21.4 Å². The van der Waals surface area contributed by atoms with Crippen molar-refractivity contribution < 1.29 is 21.4 Å². The Morgan fingerprint density at radius 1 is 0.913 bits per heavy atom. The third-order valence-corrected chi connectivity index (χ3v) is 6.10. The first-order valence-corrected chi connectivity index (χ1v) is 9.50. The highest BCUT2D eigenvalue weighted by Gasteiger charge is 2.26. The summed E-state index contributed by atoms with van der Waals surface area (Å²) >= 11 is 0. The van der Waals surface area contributed by atoms with Crippen molar-refractivity contribution in [2.75, 3.05) is 0 Å². The van der Waals surface area contributed by atoms with Crippen molar-refractivity contribution in [2.24, 2.45) is 0 Å². The summed E-state index contributed by atoms with van der Waals surface area (Å²) in [6.45, 7) is 1.65. The smallest absolute Gasteiger partial charge is 0.282 e. The van der Waals surface area contributed by atoms with Gasteiger partial charge in [-0.3, -0.25) is 4.55 Å². The van der Waals surface area contributed by atoms with Gasteiger partial charge in [-0.2, -0.15) is 8.42 Å². The SMILES string of the molecule is Cc1cccc2c1c(S(=O)(=O)O)cn2S(=O)(=O)c1ccccc1. The molecule has 0 saturated carbocycles. The second kappa shape index (κ2) is 5.19. The number of fused-ring (bicyclic) bond motifs is 1. The van der Waals surface area contributed by atoms with Crippen LogP contribution in [0.1, 0.15) is 5.56 Å². The number of aryl methyl sites for hydroxylation is 1. The molecule has 0 fully saturated rings. The average molecular weight is 351 g/mol. The Labute approximate surface area is 133 Å².